The Hall–Kier alpha value is -2.14. The SMILES string of the molecule is Cc1cc(C(=O)O[C@H](C)C(=O)N2CCc3ccccc32)c(C)s1. The maximum Gasteiger partial charge on any atom is 0.340 e. The highest BCUT2D eigenvalue weighted by Gasteiger charge is 2.30. The molecule has 120 valence electrons. The number of carbonyl (C=O) groups is 2. The number of carbonyl (C=O) groups excluding carboxylic acids is 2. The second-order valence-corrected chi connectivity index (χ2v) is 7.20. The molecule has 0 N–H and O–H groups in total. The number of nitrogens with zero attached hydrogens (tertiary/aromatic N) is 1. The van der Waals surface area contributed by atoms with Crippen LogP contribution in [0.5, 0.6) is 0 Å². The summed E-state index contributed by atoms with van der Waals surface area (Å²) in [5, 5.41) is 0. The van der Waals surface area contributed by atoms with Gasteiger partial charge in [0.1, 0.15) is 0 Å². The van der Waals surface area contributed by atoms with E-state index in [9.17, 15) is 9.59 Å². The number of thiophene rings is 1. The summed E-state index contributed by atoms with van der Waals surface area (Å²) in [4.78, 5) is 28.6. The quantitative estimate of drug-likeness (QED) is 0.810. The van der Waals surface area contributed by atoms with Crippen LogP contribution in [-0.2, 0) is 16.0 Å². The summed E-state index contributed by atoms with van der Waals surface area (Å²) in [6.45, 7) is 6.11. The van der Waals surface area contributed by atoms with Crippen LogP contribution in [0.25, 0.3) is 0 Å². The Labute approximate surface area is 139 Å². The second kappa shape index (κ2) is 6.16. The molecule has 2 aromatic rings. The molecule has 0 bridgehead atoms. The highest BCUT2D eigenvalue weighted by atomic mass is 32.1. The fourth-order valence-electron chi connectivity index (χ4n) is 2.89. The normalized spacial score (nSPS) is 14.5. The predicted octanol–water partition coefficient (Wildman–Crippen LogP) is 3.50. The monoisotopic (exact) mass is 329 g/mol. The fourth-order valence-corrected chi connectivity index (χ4v) is 3.81. The van der Waals surface area contributed by atoms with Crippen molar-refractivity contribution in [2.24, 2.45) is 0 Å². The lowest BCUT2D eigenvalue weighted by Gasteiger charge is -2.21. The number of aryl methyl sites for hydroxylation is 2. The van der Waals surface area contributed by atoms with Crippen LogP contribution in [0.2, 0.25) is 0 Å². The van der Waals surface area contributed by atoms with Crippen molar-refractivity contribution < 1.29 is 14.3 Å². The third-order valence-electron chi connectivity index (χ3n) is 4.05. The predicted molar refractivity (Wildman–Crippen MR) is 91.2 cm³/mol. The zero-order chi connectivity index (χ0) is 16.6. The minimum atomic E-state index is -0.798. The highest BCUT2D eigenvalue weighted by Crippen LogP contribution is 2.28. The summed E-state index contributed by atoms with van der Waals surface area (Å²) < 4.78 is 5.40. The third kappa shape index (κ3) is 3.01. The first-order valence-electron chi connectivity index (χ1n) is 7.64. The van der Waals surface area contributed by atoms with Crippen LogP contribution in [0.1, 0.15) is 32.6 Å². The van der Waals surface area contributed by atoms with Gasteiger partial charge in [0, 0.05) is 22.0 Å². The first-order valence-corrected chi connectivity index (χ1v) is 8.46. The molecule has 3 rings (SSSR count). The van der Waals surface area contributed by atoms with Crippen molar-refractivity contribution in [3.8, 4) is 0 Å². The topological polar surface area (TPSA) is 46.6 Å². The maximum atomic E-state index is 12.6. The van der Waals surface area contributed by atoms with Crippen LogP contribution >= 0.6 is 11.3 Å². The molecule has 2 heterocycles. The van der Waals surface area contributed by atoms with Gasteiger partial charge in [0.05, 0.1) is 5.56 Å². The molecule has 0 saturated carbocycles. The molecule has 1 aliphatic heterocycles. The van der Waals surface area contributed by atoms with Crippen LogP contribution in [0.4, 0.5) is 5.69 Å². The lowest BCUT2D eigenvalue weighted by Crippen LogP contribution is -2.39. The van der Waals surface area contributed by atoms with Gasteiger partial charge in [-0.15, -0.1) is 11.3 Å². The lowest BCUT2D eigenvalue weighted by molar-refractivity contribution is -0.126. The van der Waals surface area contributed by atoms with Gasteiger partial charge in [-0.2, -0.15) is 0 Å². The zero-order valence-corrected chi connectivity index (χ0v) is 14.3. The molecule has 1 amide bonds. The molecule has 0 saturated heterocycles. The Balaban J connectivity index is 1.71. The van der Waals surface area contributed by atoms with E-state index in [0.29, 0.717) is 12.1 Å². The van der Waals surface area contributed by atoms with Crippen molar-refractivity contribution >= 4 is 28.9 Å². The van der Waals surface area contributed by atoms with E-state index >= 15 is 0 Å². The van der Waals surface area contributed by atoms with Gasteiger partial charge < -0.3 is 9.64 Å². The Kier molecular flexibility index (Phi) is 4.22. The fraction of sp³-hybridized carbons (Fsp3) is 0.333. The van der Waals surface area contributed by atoms with Crippen molar-refractivity contribution in [1.29, 1.82) is 0 Å². The highest BCUT2D eigenvalue weighted by molar-refractivity contribution is 7.12. The van der Waals surface area contributed by atoms with Gasteiger partial charge >= 0.3 is 5.97 Å². The van der Waals surface area contributed by atoms with Crippen LogP contribution in [0.15, 0.2) is 30.3 Å². The number of rotatable bonds is 3. The van der Waals surface area contributed by atoms with E-state index in [1.165, 1.54) is 0 Å². The standard InChI is InChI=1S/C18H19NO3S/c1-11-10-15(13(3)23-11)18(21)22-12(2)17(20)19-9-8-14-6-4-5-7-16(14)19/h4-7,10,12H,8-9H2,1-3H3/t12-/m1/s1. The molecule has 23 heavy (non-hydrogen) atoms. The number of ether oxygens (including phenoxy) is 1. The van der Waals surface area contributed by atoms with Crippen molar-refractivity contribution in [2.75, 3.05) is 11.4 Å². The molecule has 0 spiro atoms. The second-order valence-electron chi connectivity index (χ2n) is 5.74. The third-order valence-corrected chi connectivity index (χ3v) is 5.01. The van der Waals surface area contributed by atoms with Gasteiger partial charge in [-0.3, -0.25) is 4.79 Å². The molecule has 0 aliphatic carbocycles. The van der Waals surface area contributed by atoms with Crippen molar-refractivity contribution in [3.63, 3.8) is 0 Å². The lowest BCUT2D eigenvalue weighted by atomic mass is 10.2. The van der Waals surface area contributed by atoms with Crippen LogP contribution in [0.3, 0.4) is 0 Å². The van der Waals surface area contributed by atoms with Crippen molar-refractivity contribution in [2.45, 2.75) is 33.3 Å². The number of fused-ring (bicyclic) bond motifs is 1. The van der Waals surface area contributed by atoms with Crippen LogP contribution in [0, 0.1) is 13.8 Å². The zero-order valence-electron chi connectivity index (χ0n) is 13.5. The summed E-state index contributed by atoms with van der Waals surface area (Å²) in [6, 6.07) is 9.65. The average Bonchev–Trinajstić information content (AvgIpc) is 3.09. The minimum absolute atomic E-state index is 0.173. The summed E-state index contributed by atoms with van der Waals surface area (Å²) >= 11 is 1.55. The number of hydrogen-bond acceptors (Lipinski definition) is 4. The number of amides is 1. The van der Waals surface area contributed by atoms with E-state index < -0.39 is 12.1 Å². The minimum Gasteiger partial charge on any atom is -0.449 e. The van der Waals surface area contributed by atoms with Gasteiger partial charge in [-0.25, -0.2) is 4.79 Å². The van der Waals surface area contributed by atoms with Gasteiger partial charge in [0.15, 0.2) is 6.10 Å². The summed E-state index contributed by atoms with van der Waals surface area (Å²) in [7, 11) is 0. The first-order chi connectivity index (χ1) is 11.0. The van der Waals surface area contributed by atoms with Gasteiger partial charge in [-0.05, 0) is 44.9 Å². The van der Waals surface area contributed by atoms with E-state index in [1.54, 1.807) is 23.2 Å². The molecule has 4 nitrogen and oxygen atoms in total. The maximum absolute atomic E-state index is 12.6. The van der Waals surface area contributed by atoms with Gasteiger partial charge in [-0.1, -0.05) is 18.2 Å². The number of esters is 1. The summed E-state index contributed by atoms with van der Waals surface area (Å²) in [5.74, 6) is -0.604. The smallest absolute Gasteiger partial charge is 0.340 e. The van der Waals surface area contributed by atoms with E-state index in [2.05, 4.69) is 0 Å². The number of anilines is 1. The Morgan fingerprint density at radius 3 is 2.70 bits per heavy atom. The van der Waals surface area contributed by atoms with E-state index in [0.717, 1.165) is 27.4 Å². The Bertz CT molecular complexity index is 765. The molecular formula is C18H19NO3S. The number of hydrogen-bond donors (Lipinski definition) is 0. The van der Waals surface area contributed by atoms with E-state index in [-0.39, 0.29) is 5.91 Å². The van der Waals surface area contributed by atoms with Crippen LogP contribution in [-0.4, -0.2) is 24.5 Å². The van der Waals surface area contributed by atoms with Gasteiger partial charge in [0.25, 0.3) is 5.91 Å². The van der Waals surface area contributed by atoms with E-state index in [1.807, 2.05) is 44.2 Å². The molecule has 1 aromatic heterocycles. The van der Waals surface area contributed by atoms with Crippen LogP contribution < -0.4 is 4.90 Å². The van der Waals surface area contributed by atoms with Crippen molar-refractivity contribution in [1.82, 2.24) is 0 Å². The number of para-hydroxylation sites is 1. The molecular weight excluding hydrogens is 310 g/mol. The van der Waals surface area contributed by atoms with Crippen molar-refractivity contribution in [3.05, 3.63) is 51.2 Å². The average molecular weight is 329 g/mol. The summed E-state index contributed by atoms with van der Waals surface area (Å²) in [6.07, 6.45) is 0.0408. The first kappa shape index (κ1) is 15.7. The molecule has 1 aliphatic rings. The molecule has 0 radical (unpaired) electrons. The largest absolute Gasteiger partial charge is 0.449 e. The summed E-state index contributed by atoms with van der Waals surface area (Å²) in [5.41, 5.74) is 2.63. The molecule has 0 fully saturated rings. The Morgan fingerprint density at radius 2 is 2.00 bits per heavy atom. The van der Waals surface area contributed by atoms with Gasteiger partial charge in [0.2, 0.25) is 0 Å². The number of benzene rings is 1. The molecule has 1 atom stereocenters. The Morgan fingerprint density at radius 1 is 1.26 bits per heavy atom. The molecule has 5 heteroatoms. The molecule has 0 unspecified atom stereocenters. The van der Waals surface area contributed by atoms with E-state index in [4.69, 9.17) is 4.74 Å². The molecule has 1 aromatic carbocycles.